The molecule has 1 saturated carbocycles. The normalized spacial score (nSPS) is 23.4. The number of halogens is 1. The molecule has 0 amide bonds. The van der Waals surface area contributed by atoms with Gasteiger partial charge in [0, 0.05) is 0 Å². The lowest BCUT2D eigenvalue weighted by molar-refractivity contribution is 0.623. The summed E-state index contributed by atoms with van der Waals surface area (Å²) in [5.74, 6) is 0.925. The fourth-order valence-electron chi connectivity index (χ4n) is 1.79. The van der Waals surface area contributed by atoms with Gasteiger partial charge < -0.3 is 0 Å². The van der Waals surface area contributed by atoms with Crippen LogP contribution < -0.4 is 0 Å². The topological polar surface area (TPSA) is 0 Å². The highest BCUT2D eigenvalue weighted by molar-refractivity contribution is 14.1. The van der Waals surface area contributed by atoms with Gasteiger partial charge in [-0.2, -0.15) is 22.4 Å². The van der Waals surface area contributed by atoms with Crippen molar-refractivity contribution in [1.29, 1.82) is 0 Å². The molecule has 2 heteroatoms. The van der Waals surface area contributed by atoms with Crippen LogP contribution in [0.1, 0.15) is 51.4 Å². The van der Waals surface area contributed by atoms with E-state index in [1.165, 1.54) is 51.4 Å². The molecule has 0 spiro atoms. The molecule has 11 heavy (non-hydrogen) atoms. The molecule has 0 aromatic carbocycles. The summed E-state index contributed by atoms with van der Waals surface area (Å²) in [7, 11) is 0. The average Bonchev–Trinajstić information content (AvgIpc) is 2.16. The molecule has 1 fully saturated rings. The van der Waals surface area contributed by atoms with Crippen molar-refractivity contribution in [3.05, 3.63) is 0 Å². The minimum atomic E-state index is 0.925. The van der Waals surface area contributed by atoms with Crippen LogP contribution in [0.4, 0.5) is 0 Å². The van der Waals surface area contributed by atoms with Gasteiger partial charge in [0.1, 0.15) is 0 Å². The predicted molar refractivity (Wildman–Crippen MR) is 60.5 cm³/mol. The Kier molecular flexibility index (Phi) is 5.68. The Balaban J connectivity index is 2.19. The third-order valence-corrected chi connectivity index (χ3v) is 3.60. The van der Waals surface area contributed by atoms with Crippen molar-refractivity contribution in [2.24, 2.45) is 0 Å². The Labute approximate surface area is 84.6 Å². The maximum atomic E-state index is 2.42. The van der Waals surface area contributed by atoms with Gasteiger partial charge in [-0.1, -0.05) is 57.2 Å². The fraction of sp³-hybridized carbons (Fsp3) is 1.00. The molecule has 1 radical (unpaired) electrons. The quantitative estimate of drug-likeness (QED) is 0.496. The molecule has 0 atom stereocenters. The summed E-state index contributed by atoms with van der Waals surface area (Å²) >= 11 is 2.42. The molecule has 63 valence electrons. The Bertz CT molecular complexity index is 85.6. The fourth-order valence-corrected chi connectivity index (χ4v) is 2.51. The van der Waals surface area contributed by atoms with E-state index in [1.807, 2.05) is 0 Å². The first kappa shape index (κ1) is 9.88. The molecule has 0 unspecified atom stereocenters. The number of rotatable bonds is 1. The summed E-state index contributed by atoms with van der Waals surface area (Å²) in [6.07, 6.45) is 11.7. The monoisotopic (exact) mass is 263 g/mol. The summed E-state index contributed by atoms with van der Waals surface area (Å²) < 4.78 is 0. The van der Waals surface area contributed by atoms with Gasteiger partial charge >= 0.3 is 0 Å². The van der Waals surface area contributed by atoms with Crippen LogP contribution in [0.25, 0.3) is 0 Å². The van der Waals surface area contributed by atoms with Crippen molar-refractivity contribution in [3.8, 4) is 0 Å². The molecule has 0 nitrogen and oxygen atoms in total. The number of hydrogen-bond acceptors (Lipinski definition) is 0. The van der Waals surface area contributed by atoms with Crippen molar-refractivity contribution in [2.75, 3.05) is 0 Å². The van der Waals surface area contributed by atoms with E-state index in [9.17, 15) is 0 Å². The van der Waals surface area contributed by atoms with E-state index in [4.69, 9.17) is 0 Å². The first-order chi connectivity index (χ1) is 5.43. The van der Waals surface area contributed by atoms with Crippen molar-refractivity contribution in [2.45, 2.75) is 57.2 Å². The molecule has 1 rings (SSSR count). The third kappa shape index (κ3) is 4.39. The SMILES string of the molecule is I[B]C1CCCCCCCC1. The van der Waals surface area contributed by atoms with E-state index in [-0.39, 0.29) is 0 Å². The van der Waals surface area contributed by atoms with E-state index in [0.29, 0.717) is 0 Å². The molecule has 0 aromatic rings. The second kappa shape index (κ2) is 6.33. The molecule has 1 aliphatic carbocycles. The smallest absolute Gasteiger partial charge is 0.158 e. The zero-order chi connectivity index (χ0) is 7.94. The molecule has 0 N–H and O–H groups in total. The van der Waals surface area contributed by atoms with Gasteiger partial charge in [0.15, 0.2) is 0 Å². The highest BCUT2D eigenvalue weighted by atomic mass is 127. The maximum absolute atomic E-state index is 2.42. The minimum Gasteiger partial charge on any atom is -0.158 e. The van der Waals surface area contributed by atoms with Crippen molar-refractivity contribution in [1.82, 2.24) is 0 Å². The van der Waals surface area contributed by atoms with Gasteiger partial charge in [0.2, 0.25) is 5.14 Å². The largest absolute Gasteiger partial charge is 0.203 e. The van der Waals surface area contributed by atoms with Crippen LogP contribution in [-0.4, -0.2) is 5.14 Å². The van der Waals surface area contributed by atoms with E-state index < -0.39 is 0 Å². The van der Waals surface area contributed by atoms with Crippen molar-refractivity contribution < 1.29 is 0 Å². The molecule has 1 aliphatic rings. The van der Waals surface area contributed by atoms with E-state index in [1.54, 1.807) is 0 Å². The van der Waals surface area contributed by atoms with Crippen LogP contribution in [0, 0.1) is 0 Å². The van der Waals surface area contributed by atoms with Gasteiger partial charge in [0.05, 0.1) is 0 Å². The third-order valence-electron chi connectivity index (χ3n) is 2.58. The van der Waals surface area contributed by atoms with Gasteiger partial charge in [-0.05, 0) is 0 Å². The molecule has 0 heterocycles. The first-order valence-corrected chi connectivity index (χ1v) is 6.11. The summed E-state index contributed by atoms with van der Waals surface area (Å²) in [5.41, 5.74) is 0. The van der Waals surface area contributed by atoms with Gasteiger partial charge in [0.25, 0.3) is 0 Å². The van der Waals surface area contributed by atoms with Crippen LogP contribution in [0.2, 0.25) is 5.82 Å². The Morgan fingerprint density at radius 3 is 1.73 bits per heavy atom. The summed E-state index contributed by atoms with van der Waals surface area (Å²) in [5, 5.41) is 2.38. The molecular formula is C9H17BI. The highest BCUT2D eigenvalue weighted by Crippen LogP contribution is 2.26. The Hall–Kier alpha value is 0.795. The predicted octanol–water partition coefficient (Wildman–Crippen LogP) is 3.96. The van der Waals surface area contributed by atoms with Crippen LogP contribution in [0.5, 0.6) is 0 Å². The lowest BCUT2D eigenvalue weighted by Crippen LogP contribution is -1.96. The van der Waals surface area contributed by atoms with E-state index in [2.05, 4.69) is 27.5 Å². The molecule has 0 aromatic heterocycles. The lowest BCUT2D eigenvalue weighted by atomic mass is 9.79. The molecule has 0 saturated heterocycles. The number of hydrogen-bond donors (Lipinski definition) is 0. The zero-order valence-electron chi connectivity index (χ0n) is 7.19. The standard InChI is InChI=1S/C9H17BI/c11-10-9-7-5-3-1-2-4-6-8-9/h9H,1-8H2. The van der Waals surface area contributed by atoms with E-state index in [0.717, 1.165) is 5.82 Å². The van der Waals surface area contributed by atoms with Crippen LogP contribution >= 0.6 is 22.4 Å². The second-order valence-electron chi connectivity index (χ2n) is 3.58. The first-order valence-electron chi connectivity index (χ1n) is 4.87. The molecule has 0 bridgehead atoms. The van der Waals surface area contributed by atoms with Crippen LogP contribution in [0.15, 0.2) is 0 Å². The summed E-state index contributed by atoms with van der Waals surface area (Å²) in [6, 6.07) is 0. The minimum absolute atomic E-state index is 0.925. The summed E-state index contributed by atoms with van der Waals surface area (Å²) in [6.45, 7) is 0. The highest BCUT2D eigenvalue weighted by Gasteiger charge is 2.09. The average molecular weight is 263 g/mol. The van der Waals surface area contributed by atoms with E-state index >= 15 is 0 Å². The second-order valence-corrected chi connectivity index (χ2v) is 4.30. The zero-order valence-corrected chi connectivity index (χ0v) is 9.35. The van der Waals surface area contributed by atoms with Crippen LogP contribution in [-0.2, 0) is 0 Å². The van der Waals surface area contributed by atoms with Gasteiger partial charge in [-0.3, -0.25) is 0 Å². The van der Waals surface area contributed by atoms with Gasteiger partial charge in [-0.25, -0.2) is 0 Å². The Morgan fingerprint density at radius 2 is 1.27 bits per heavy atom. The van der Waals surface area contributed by atoms with Crippen LogP contribution in [0.3, 0.4) is 0 Å². The lowest BCUT2D eigenvalue weighted by Gasteiger charge is -2.09. The van der Waals surface area contributed by atoms with Crippen molar-refractivity contribution >= 4 is 27.5 Å². The Morgan fingerprint density at radius 1 is 0.818 bits per heavy atom. The van der Waals surface area contributed by atoms with Crippen molar-refractivity contribution in [3.63, 3.8) is 0 Å². The summed E-state index contributed by atoms with van der Waals surface area (Å²) in [4.78, 5) is 0. The molecule has 0 aliphatic heterocycles. The maximum Gasteiger partial charge on any atom is 0.203 e. The molecular weight excluding hydrogens is 246 g/mol. The van der Waals surface area contributed by atoms with Gasteiger partial charge in [-0.15, -0.1) is 0 Å².